The van der Waals surface area contributed by atoms with Gasteiger partial charge < -0.3 is 10.0 Å². The smallest absolute Gasteiger partial charge is 0.0909 e. The average molecular weight is 268 g/mol. The van der Waals surface area contributed by atoms with Crippen LogP contribution in [0.1, 0.15) is 38.2 Å². The van der Waals surface area contributed by atoms with Gasteiger partial charge in [0.15, 0.2) is 0 Å². The normalized spacial score (nSPS) is 25.9. The van der Waals surface area contributed by atoms with Crippen LogP contribution in [0.15, 0.2) is 24.3 Å². The van der Waals surface area contributed by atoms with Crippen molar-refractivity contribution >= 4 is 11.6 Å². The fraction of sp³-hybridized carbons (Fsp3) is 0.600. The fourth-order valence-corrected chi connectivity index (χ4v) is 2.89. The number of rotatable bonds is 3. The SMILES string of the molecule is CCCN1CCCC(O)(c2ccc(Cl)cc2)CC1. The van der Waals surface area contributed by atoms with Crippen molar-refractivity contribution in [3.05, 3.63) is 34.9 Å². The van der Waals surface area contributed by atoms with E-state index in [1.54, 1.807) is 0 Å². The van der Waals surface area contributed by atoms with E-state index in [0.29, 0.717) is 0 Å². The first kappa shape index (κ1) is 13.9. The molecule has 1 N–H and O–H groups in total. The minimum Gasteiger partial charge on any atom is -0.385 e. The van der Waals surface area contributed by atoms with Gasteiger partial charge in [0.25, 0.3) is 0 Å². The first-order chi connectivity index (χ1) is 8.64. The zero-order valence-corrected chi connectivity index (χ0v) is 11.8. The molecule has 1 unspecified atom stereocenters. The van der Waals surface area contributed by atoms with E-state index in [9.17, 15) is 5.11 Å². The third-order valence-electron chi connectivity index (χ3n) is 3.83. The second-order valence-electron chi connectivity index (χ2n) is 5.23. The van der Waals surface area contributed by atoms with E-state index < -0.39 is 5.60 Å². The lowest BCUT2D eigenvalue weighted by molar-refractivity contribution is 0.0212. The molecule has 1 heterocycles. The number of likely N-dealkylation sites (tertiary alicyclic amines) is 1. The Labute approximate surface area is 115 Å². The number of nitrogens with zero attached hydrogens (tertiary/aromatic N) is 1. The molecule has 0 aromatic heterocycles. The largest absolute Gasteiger partial charge is 0.385 e. The summed E-state index contributed by atoms with van der Waals surface area (Å²) in [5.74, 6) is 0. The molecule has 0 aliphatic carbocycles. The van der Waals surface area contributed by atoms with E-state index in [4.69, 9.17) is 11.6 Å². The van der Waals surface area contributed by atoms with Crippen LogP contribution in [0.5, 0.6) is 0 Å². The summed E-state index contributed by atoms with van der Waals surface area (Å²) in [5.41, 5.74) is 0.331. The second kappa shape index (κ2) is 6.05. The molecule has 1 aliphatic heterocycles. The van der Waals surface area contributed by atoms with Crippen molar-refractivity contribution in [2.24, 2.45) is 0 Å². The molecule has 0 radical (unpaired) electrons. The van der Waals surface area contributed by atoms with Crippen LogP contribution in [0, 0.1) is 0 Å². The van der Waals surface area contributed by atoms with Crippen LogP contribution in [0.4, 0.5) is 0 Å². The van der Waals surface area contributed by atoms with E-state index in [-0.39, 0.29) is 0 Å². The summed E-state index contributed by atoms with van der Waals surface area (Å²) in [6, 6.07) is 7.64. The van der Waals surface area contributed by atoms with Crippen molar-refractivity contribution in [2.45, 2.75) is 38.2 Å². The molecule has 1 atom stereocenters. The lowest BCUT2D eigenvalue weighted by Gasteiger charge is -2.27. The summed E-state index contributed by atoms with van der Waals surface area (Å²) in [6.45, 7) is 5.42. The van der Waals surface area contributed by atoms with Crippen LogP contribution >= 0.6 is 11.6 Å². The van der Waals surface area contributed by atoms with Gasteiger partial charge in [-0.1, -0.05) is 30.7 Å². The minimum atomic E-state index is -0.674. The van der Waals surface area contributed by atoms with Crippen molar-refractivity contribution < 1.29 is 5.11 Å². The summed E-state index contributed by atoms with van der Waals surface area (Å²) >= 11 is 5.90. The van der Waals surface area contributed by atoms with E-state index >= 15 is 0 Å². The van der Waals surface area contributed by atoms with Gasteiger partial charge in [0, 0.05) is 11.6 Å². The highest BCUT2D eigenvalue weighted by molar-refractivity contribution is 6.30. The highest BCUT2D eigenvalue weighted by atomic mass is 35.5. The van der Waals surface area contributed by atoms with E-state index in [1.165, 1.54) is 6.42 Å². The van der Waals surface area contributed by atoms with Gasteiger partial charge in [0.1, 0.15) is 0 Å². The van der Waals surface area contributed by atoms with Crippen LogP contribution < -0.4 is 0 Å². The Kier molecular flexibility index (Phi) is 4.66. The molecule has 1 fully saturated rings. The number of hydrogen-bond donors (Lipinski definition) is 1. The molecule has 1 saturated heterocycles. The Balaban J connectivity index is 2.09. The molecule has 1 aliphatic rings. The quantitative estimate of drug-likeness (QED) is 0.907. The predicted octanol–water partition coefficient (Wildman–Crippen LogP) is 3.42. The van der Waals surface area contributed by atoms with Gasteiger partial charge in [0.05, 0.1) is 5.60 Å². The van der Waals surface area contributed by atoms with Gasteiger partial charge in [-0.25, -0.2) is 0 Å². The maximum absolute atomic E-state index is 10.8. The van der Waals surface area contributed by atoms with Gasteiger partial charge in [0.2, 0.25) is 0 Å². The first-order valence-corrected chi connectivity index (χ1v) is 7.22. The fourth-order valence-electron chi connectivity index (χ4n) is 2.76. The number of halogens is 1. The Hall–Kier alpha value is -0.570. The molecule has 0 bridgehead atoms. The van der Waals surface area contributed by atoms with E-state index in [0.717, 1.165) is 49.5 Å². The first-order valence-electron chi connectivity index (χ1n) is 6.85. The molecule has 3 heteroatoms. The highest BCUT2D eigenvalue weighted by Crippen LogP contribution is 2.33. The monoisotopic (exact) mass is 267 g/mol. The van der Waals surface area contributed by atoms with Gasteiger partial charge in [-0.3, -0.25) is 0 Å². The third kappa shape index (κ3) is 3.25. The standard InChI is InChI=1S/C15H22ClNO/c1-2-10-17-11-3-8-15(18,9-12-17)13-4-6-14(16)7-5-13/h4-7,18H,2-3,8-12H2,1H3. The predicted molar refractivity (Wildman–Crippen MR) is 75.9 cm³/mol. The van der Waals surface area contributed by atoms with Crippen molar-refractivity contribution in [3.8, 4) is 0 Å². The average Bonchev–Trinajstić information content (AvgIpc) is 2.54. The maximum atomic E-state index is 10.8. The van der Waals surface area contributed by atoms with Gasteiger partial charge in [-0.05, 0) is 56.5 Å². The van der Waals surface area contributed by atoms with E-state index in [1.807, 2.05) is 24.3 Å². The lowest BCUT2D eigenvalue weighted by atomic mass is 9.87. The zero-order valence-electron chi connectivity index (χ0n) is 11.0. The highest BCUT2D eigenvalue weighted by Gasteiger charge is 2.31. The Bertz CT molecular complexity index is 379. The summed E-state index contributed by atoms with van der Waals surface area (Å²) in [6.07, 6.45) is 3.89. The van der Waals surface area contributed by atoms with Crippen molar-refractivity contribution in [1.82, 2.24) is 4.90 Å². The molecule has 0 spiro atoms. The van der Waals surface area contributed by atoms with Crippen LogP contribution in [0.25, 0.3) is 0 Å². The number of hydrogen-bond acceptors (Lipinski definition) is 2. The summed E-state index contributed by atoms with van der Waals surface area (Å²) in [4.78, 5) is 2.45. The molecular formula is C15H22ClNO. The van der Waals surface area contributed by atoms with Crippen LogP contribution in [0.2, 0.25) is 5.02 Å². The molecule has 2 rings (SSSR count). The van der Waals surface area contributed by atoms with Crippen molar-refractivity contribution in [3.63, 3.8) is 0 Å². The van der Waals surface area contributed by atoms with E-state index in [2.05, 4.69) is 11.8 Å². The van der Waals surface area contributed by atoms with Crippen LogP contribution in [-0.4, -0.2) is 29.6 Å². The molecule has 1 aromatic rings. The Morgan fingerprint density at radius 1 is 1.22 bits per heavy atom. The molecule has 0 saturated carbocycles. The minimum absolute atomic E-state index is 0.674. The number of benzene rings is 1. The van der Waals surface area contributed by atoms with Crippen LogP contribution in [-0.2, 0) is 5.60 Å². The molecule has 100 valence electrons. The van der Waals surface area contributed by atoms with Crippen molar-refractivity contribution in [1.29, 1.82) is 0 Å². The molecule has 2 nitrogen and oxygen atoms in total. The molecular weight excluding hydrogens is 246 g/mol. The molecule has 18 heavy (non-hydrogen) atoms. The third-order valence-corrected chi connectivity index (χ3v) is 4.08. The van der Waals surface area contributed by atoms with Gasteiger partial charge in [-0.2, -0.15) is 0 Å². The Morgan fingerprint density at radius 3 is 2.61 bits per heavy atom. The van der Waals surface area contributed by atoms with Crippen molar-refractivity contribution in [2.75, 3.05) is 19.6 Å². The maximum Gasteiger partial charge on any atom is 0.0909 e. The van der Waals surface area contributed by atoms with Gasteiger partial charge in [-0.15, -0.1) is 0 Å². The Morgan fingerprint density at radius 2 is 1.94 bits per heavy atom. The lowest BCUT2D eigenvalue weighted by Crippen LogP contribution is -2.29. The summed E-state index contributed by atoms with van der Waals surface area (Å²) in [5, 5.41) is 11.6. The van der Waals surface area contributed by atoms with Crippen LogP contribution in [0.3, 0.4) is 0 Å². The molecule has 0 amide bonds. The molecule has 1 aromatic carbocycles. The summed E-state index contributed by atoms with van der Waals surface area (Å²) < 4.78 is 0. The number of aliphatic hydroxyl groups is 1. The van der Waals surface area contributed by atoms with Gasteiger partial charge >= 0.3 is 0 Å². The zero-order chi connectivity index (χ0) is 13.0. The second-order valence-corrected chi connectivity index (χ2v) is 5.67. The summed E-state index contributed by atoms with van der Waals surface area (Å²) in [7, 11) is 0. The topological polar surface area (TPSA) is 23.5 Å².